The molecule has 0 bridgehead atoms. The number of ether oxygens (including phenoxy) is 1. The van der Waals surface area contributed by atoms with E-state index in [-0.39, 0.29) is 6.42 Å². The van der Waals surface area contributed by atoms with E-state index in [0.29, 0.717) is 6.42 Å². The molecule has 0 aliphatic heterocycles. The molecule has 1 atom stereocenters. The first-order valence-corrected chi connectivity index (χ1v) is 5.15. The molecule has 0 amide bonds. The third-order valence-corrected chi connectivity index (χ3v) is 1.98. The summed E-state index contributed by atoms with van der Waals surface area (Å²) in [4.78, 5) is 21.4. The lowest BCUT2D eigenvalue weighted by Gasteiger charge is -2.14. The minimum atomic E-state index is -0.951. The van der Waals surface area contributed by atoms with Crippen LogP contribution in [-0.2, 0) is 14.3 Å². The quantitative estimate of drug-likeness (QED) is 0.382. The fourth-order valence-corrected chi connectivity index (χ4v) is 1.23. The Labute approximate surface area is 89.9 Å². The molecule has 0 aliphatic rings. The Hall–Kier alpha value is -1.32. The van der Waals surface area contributed by atoms with E-state index in [0.717, 1.165) is 25.3 Å². The number of carboxylic acids is 1. The van der Waals surface area contributed by atoms with Crippen molar-refractivity contribution >= 4 is 11.9 Å². The molecule has 0 aromatic rings. The summed E-state index contributed by atoms with van der Waals surface area (Å²) in [5.74, 6) is -1.51. The Kier molecular flexibility index (Phi) is 7.32. The van der Waals surface area contributed by atoms with Crippen molar-refractivity contribution in [3.05, 3.63) is 12.7 Å². The van der Waals surface area contributed by atoms with Gasteiger partial charge in [-0.3, -0.25) is 4.79 Å². The van der Waals surface area contributed by atoms with Gasteiger partial charge < -0.3 is 9.84 Å². The second kappa shape index (κ2) is 8.03. The molecule has 0 aromatic carbocycles. The van der Waals surface area contributed by atoms with Crippen molar-refractivity contribution in [3.63, 3.8) is 0 Å². The van der Waals surface area contributed by atoms with Gasteiger partial charge >= 0.3 is 11.9 Å². The van der Waals surface area contributed by atoms with Crippen molar-refractivity contribution < 1.29 is 19.4 Å². The van der Waals surface area contributed by atoms with E-state index < -0.39 is 18.0 Å². The molecule has 1 N–H and O–H groups in total. The molecule has 15 heavy (non-hydrogen) atoms. The van der Waals surface area contributed by atoms with Gasteiger partial charge in [0.25, 0.3) is 0 Å². The number of carbonyl (C=O) groups is 2. The molecule has 0 spiro atoms. The van der Waals surface area contributed by atoms with E-state index in [1.54, 1.807) is 0 Å². The van der Waals surface area contributed by atoms with E-state index in [9.17, 15) is 9.59 Å². The van der Waals surface area contributed by atoms with Gasteiger partial charge in [0.1, 0.15) is 6.10 Å². The average Bonchev–Trinajstić information content (AvgIpc) is 2.17. The molecule has 1 unspecified atom stereocenters. The predicted molar refractivity (Wildman–Crippen MR) is 56.5 cm³/mol. The third kappa shape index (κ3) is 7.73. The van der Waals surface area contributed by atoms with Gasteiger partial charge in [-0.1, -0.05) is 26.3 Å². The van der Waals surface area contributed by atoms with Crippen LogP contribution in [-0.4, -0.2) is 23.1 Å². The molecule has 0 saturated carbocycles. The van der Waals surface area contributed by atoms with Gasteiger partial charge in [0, 0.05) is 6.08 Å². The molecule has 0 saturated heterocycles. The smallest absolute Gasteiger partial charge is 0.330 e. The first-order chi connectivity index (χ1) is 7.10. The van der Waals surface area contributed by atoms with Gasteiger partial charge in [0.15, 0.2) is 0 Å². The third-order valence-electron chi connectivity index (χ3n) is 1.98. The monoisotopic (exact) mass is 214 g/mol. The van der Waals surface area contributed by atoms with Crippen molar-refractivity contribution in [2.45, 2.75) is 45.1 Å². The fourth-order valence-electron chi connectivity index (χ4n) is 1.23. The highest BCUT2D eigenvalue weighted by Gasteiger charge is 2.16. The first kappa shape index (κ1) is 13.7. The van der Waals surface area contributed by atoms with Crippen molar-refractivity contribution in [1.29, 1.82) is 0 Å². The van der Waals surface area contributed by atoms with Crippen LogP contribution in [0.3, 0.4) is 0 Å². The van der Waals surface area contributed by atoms with Gasteiger partial charge in [-0.2, -0.15) is 0 Å². The molecule has 0 aromatic heterocycles. The molecule has 4 nitrogen and oxygen atoms in total. The number of unbranched alkanes of at least 4 members (excludes halogenated alkanes) is 2. The Morgan fingerprint density at radius 2 is 2.13 bits per heavy atom. The maximum atomic E-state index is 10.9. The Balaban J connectivity index is 3.99. The summed E-state index contributed by atoms with van der Waals surface area (Å²) in [6.07, 6.45) is 3.92. The number of carbonyl (C=O) groups excluding carboxylic acids is 1. The highest BCUT2D eigenvalue weighted by molar-refractivity contribution is 5.81. The van der Waals surface area contributed by atoms with E-state index in [2.05, 4.69) is 13.5 Å². The standard InChI is InChI=1S/C11H18O4/c1-3-5-6-7-9(8-10(12)13)15-11(14)4-2/h4,9H,2-3,5-8H2,1H3,(H,12,13). The Morgan fingerprint density at radius 1 is 1.47 bits per heavy atom. The average molecular weight is 214 g/mol. The summed E-state index contributed by atoms with van der Waals surface area (Å²) in [5.41, 5.74) is 0. The van der Waals surface area contributed by atoms with Gasteiger partial charge in [0.05, 0.1) is 6.42 Å². The summed E-state index contributed by atoms with van der Waals surface area (Å²) >= 11 is 0. The van der Waals surface area contributed by atoms with E-state index in [1.807, 2.05) is 0 Å². The number of aliphatic carboxylic acids is 1. The maximum absolute atomic E-state index is 10.9. The largest absolute Gasteiger partial charge is 0.481 e. The zero-order valence-corrected chi connectivity index (χ0v) is 9.07. The van der Waals surface area contributed by atoms with Crippen LogP contribution < -0.4 is 0 Å². The number of esters is 1. The number of carboxylic acid groups (broad SMARTS) is 1. The lowest BCUT2D eigenvalue weighted by molar-refractivity contribution is -0.148. The van der Waals surface area contributed by atoms with Gasteiger partial charge in [0.2, 0.25) is 0 Å². The summed E-state index contributed by atoms with van der Waals surface area (Å²) < 4.78 is 4.92. The van der Waals surface area contributed by atoms with Crippen LogP contribution in [0.2, 0.25) is 0 Å². The second-order valence-corrected chi connectivity index (χ2v) is 3.36. The second-order valence-electron chi connectivity index (χ2n) is 3.36. The number of hydrogen-bond donors (Lipinski definition) is 1. The molecule has 86 valence electrons. The van der Waals surface area contributed by atoms with E-state index in [4.69, 9.17) is 9.84 Å². The van der Waals surface area contributed by atoms with Crippen LogP contribution in [0.5, 0.6) is 0 Å². The highest BCUT2D eigenvalue weighted by Crippen LogP contribution is 2.10. The molecule has 0 fully saturated rings. The van der Waals surface area contributed by atoms with Crippen LogP contribution in [0.1, 0.15) is 39.0 Å². The van der Waals surface area contributed by atoms with Gasteiger partial charge in [-0.25, -0.2) is 4.79 Å². The first-order valence-electron chi connectivity index (χ1n) is 5.15. The molecular weight excluding hydrogens is 196 g/mol. The summed E-state index contributed by atoms with van der Waals surface area (Å²) in [6, 6.07) is 0. The fraction of sp³-hybridized carbons (Fsp3) is 0.636. The molecule has 0 aliphatic carbocycles. The molecule has 4 heteroatoms. The van der Waals surface area contributed by atoms with Crippen molar-refractivity contribution in [2.75, 3.05) is 0 Å². The van der Waals surface area contributed by atoms with E-state index in [1.165, 1.54) is 0 Å². The highest BCUT2D eigenvalue weighted by atomic mass is 16.5. The summed E-state index contributed by atoms with van der Waals surface area (Å²) in [5, 5.41) is 8.61. The topological polar surface area (TPSA) is 63.6 Å². The molecule has 0 rings (SSSR count). The molecular formula is C11H18O4. The van der Waals surface area contributed by atoms with Gasteiger partial charge in [-0.05, 0) is 12.8 Å². The molecule has 0 radical (unpaired) electrons. The predicted octanol–water partition coefficient (Wildman–Crippen LogP) is 2.14. The zero-order chi connectivity index (χ0) is 11.7. The van der Waals surface area contributed by atoms with Crippen molar-refractivity contribution in [3.8, 4) is 0 Å². The van der Waals surface area contributed by atoms with Crippen LogP contribution in [0, 0.1) is 0 Å². The van der Waals surface area contributed by atoms with Crippen molar-refractivity contribution in [2.24, 2.45) is 0 Å². The van der Waals surface area contributed by atoms with Crippen LogP contribution >= 0.6 is 0 Å². The SMILES string of the molecule is C=CC(=O)OC(CCCCC)CC(=O)O. The normalized spacial score (nSPS) is 11.8. The lowest BCUT2D eigenvalue weighted by Crippen LogP contribution is -2.20. The van der Waals surface area contributed by atoms with Crippen molar-refractivity contribution in [1.82, 2.24) is 0 Å². The van der Waals surface area contributed by atoms with Crippen LogP contribution in [0.15, 0.2) is 12.7 Å². The lowest BCUT2D eigenvalue weighted by atomic mass is 10.1. The zero-order valence-electron chi connectivity index (χ0n) is 9.07. The minimum absolute atomic E-state index is 0.136. The van der Waals surface area contributed by atoms with E-state index >= 15 is 0 Å². The Bertz CT molecular complexity index is 223. The molecule has 0 heterocycles. The van der Waals surface area contributed by atoms with Gasteiger partial charge in [-0.15, -0.1) is 0 Å². The van der Waals surface area contributed by atoms with Crippen LogP contribution in [0.4, 0.5) is 0 Å². The maximum Gasteiger partial charge on any atom is 0.330 e. The number of rotatable bonds is 8. The number of hydrogen-bond acceptors (Lipinski definition) is 3. The minimum Gasteiger partial charge on any atom is -0.481 e. The Morgan fingerprint density at radius 3 is 2.60 bits per heavy atom. The van der Waals surface area contributed by atoms with Crippen LogP contribution in [0.25, 0.3) is 0 Å². The summed E-state index contributed by atoms with van der Waals surface area (Å²) in [6.45, 7) is 5.32. The summed E-state index contributed by atoms with van der Waals surface area (Å²) in [7, 11) is 0.